The van der Waals surface area contributed by atoms with Gasteiger partial charge in [0, 0.05) is 5.02 Å². The van der Waals surface area contributed by atoms with Gasteiger partial charge in [-0.1, -0.05) is 68.8 Å². The number of halogens is 1. The van der Waals surface area contributed by atoms with Gasteiger partial charge in [0.25, 0.3) is 5.56 Å². The molecule has 0 spiro atoms. The molecule has 0 amide bonds. The molecular weight excluding hydrogens is 384 g/mol. The molecule has 4 nitrogen and oxygen atoms in total. The van der Waals surface area contributed by atoms with Crippen LogP contribution < -0.4 is 5.56 Å². The molecule has 0 atom stereocenters. The van der Waals surface area contributed by atoms with E-state index in [2.05, 4.69) is 50.0 Å². The van der Waals surface area contributed by atoms with Crippen LogP contribution in [0.3, 0.4) is 0 Å². The molecule has 1 aliphatic carbocycles. The van der Waals surface area contributed by atoms with Crippen LogP contribution in [0, 0.1) is 0 Å². The van der Waals surface area contributed by atoms with Crippen molar-refractivity contribution in [1.29, 1.82) is 0 Å². The fourth-order valence-electron chi connectivity index (χ4n) is 3.84. The maximum Gasteiger partial charge on any atom is 0.257 e. The number of hydrogen-bond acceptors (Lipinski definition) is 3. The molecule has 150 valence electrons. The van der Waals surface area contributed by atoms with Crippen LogP contribution in [0.1, 0.15) is 56.1 Å². The van der Waals surface area contributed by atoms with Crippen molar-refractivity contribution in [2.45, 2.75) is 51.0 Å². The van der Waals surface area contributed by atoms with Crippen molar-refractivity contribution in [3.05, 3.63) is 92.5 Å². The van der Waals surface area contributed by atoms with Crippen molar-refractivity contribution >= 4 is 11.6 Å². The van der Waals surface area contributed by atoms with E-state index in [4.69, 9.17) is 11.6 Å². The predicted octanol–water partition coefficient (Wildman–Crippen LogP) is 5.03. The molecule has 0 bridgehead atoms. The highest BCUT2D eigenvalue weighted by Gasteiger charge is 2.49. The van der Waals surface area contributed by atoms with Crippen LogP contribution in [0.5, 0.6) is 5.88 Å². The Morgan fingerprint density at radius 3 is 2.24 bits per heavy atom. The van der Waals surface area contributed by atoms with Gasteiger partial charge in [-0.15, -0.1) is 0 Å². The van der Waals surface area contributed by atoms with Crippen molar-refractivity contribution in [3.63, 3.8) is 0 Å². The van der Waals surface area contributed by atoms with Crippen LogP contribution in [0.25, 0.3) is 0 Å². The number of hydrogen-bond donors (Lipinski definition) is 1. The summed E-state index contributed by atoms with van der Waals surface area (Å²) >= 11 is 6.05. The van der Waals surface area contributed by atoms with Gasteiger partial charge < -0.3 is 5.11 Å². The fraction of sp³-hybridized carbons (Fsp3) is 0.333. The number of benzene rings is 2. The minimum absolute atomic E-state index is 0.0767. The first-order chi connectivity index (χ1) is 13.7. The summed E-state index contributed by atoms with van der Waals surface area (Å²) < 4.78 is 1.69. The monoisotopic (exact) mass is 408 g/mol. The van der Waals surface area contributed by atoms with E-state index < -0.39 is 0 Å². The summed E-state index contributed by atoms with van der Waals surface area (Å²) in [7, 11) is 0. The Bertz CT molecular complexity index is 1090. The van der Waals surface area contributed by atoms with Crippen LogP contribution in [0.2, 0.25) is 5.02 Å². The highest BCUT2D eigenvalue weighted by Crippen LogP contribution is 2.52. The lowest BCUT2D eigenvalue weighted by Gasteiger charge is -2.22. The van der Waals surface area contributed by atoms with Gasteiger partial charge in [-0.3, -0.25) is 9.36 Å². The van der Waals surface area contributed by atoms with Gasteiger partial charge in [0.15, 0.2) is 0 Å². The molecule has 4 rings (SSSR count). The molecule has 0 saturated heterocycles. The maximum atomic E-state index is 12.8. The Balaban J connectivity index is 1.75. The van der Waals surface area contributed by atoms with Crippen molar-refractivity contribution in [3.8, 4) is 5.88 Å². The Morgan fingerprint density at radius 2 is 1.69 bits per heavy atom. The molecule has 1 aromatic heterocycles. The van der Waals surface area contributed by atoms with Crippen LogP contribution in [-0.2, 0) is 17.4 Å². The topological polar surface area (TPSA) is 55.1 Å². The molecular formula is C24H25ClN2O2. The molecule has 1 aliphatic rings. The molecule has 1 fully saturated rings. The lowest BCUT2D eigenvalue weighted by molar-refractivity contribution is 0.437. The summed E-state index contributed by atoms with van der Waals surface area (Å²) in [5.74, 6) is 0.384. The molecule has 3 aromatic rings. The first kappa shape index (κ1) is 19.7. The normalized spacial score (nSPS) is 15.3. The highest BCUT2D eigenvalue weighted by molar-refractivity contribution is 6.30. The molecule has 29 heavy (non-hydrogen) atoms. The Labute approximate surface area is 175 Å². The molecule has 1 saturated carbocycles. The second-order valence-corrected chi connectivity index (χ2v) is 9.33. The van der Waals surface area contributed by atoms with Crippen molar-refractivity contribution < 1.29 is 5.11 Å². The second kappa shape index (κ2) is 7.03. The van der Waals surface area contributed by atoms with Gasteiger partial charge >= 0.3 is 0 Å². The summed E-state index contributed by atoms with van der Waals surface area (Å²) in [5, 5.41) is 10.7. The fourth-order valence-corrected chi connectivity index (χ4v) is 3.97. The molecule has 1 heterocycles. The predicted molar refractivity (Wildman–Crippen MR) is 116 cm³/mol. The van der Waals surface area contributed by atoms with Gasteiger partial charge in [0.05, 0.1) is 18.0 Å². The van der Waals surface area contributed by atoms with Crippen molar-refractivity contribution in [2.24, 2.45) is 0 Å². The third-order valence-electron chi connectivity index (χ3n) is 5.73. The van der Waals surface area contributed by atoms with Crippen LogP contribution in [-0.4, -0.2) is 14.7 Å². The minimum Gasteiger partial charge on any atom is -0.493 e. The summed E-state index contributed by atoms with van der Waals surface area (Å²) in [6, 6.07) is 17.2. The first-order valence-corrected chi connectivity index (χ1v) is 10.2. The summed E-state index contributed by atoms with van der Waals surface area (Å²) in [5.41, 5.74) is 2.82. The van der Waals surface area contributed by atoms with Crippen LogP contribution in [0.4, 0.5) is 0 Å². The van der Waals surface area contributed by atoms with E-state index in [9.17, 15) is 9.90 Å². The molecule has 0 radical (unpaired) electrons. The van der Waals surface area contributed by atoms with E-state index in [0.29, 0.717) is 17.4 Å². The average Bonchev–Trinajstić information content (AvgIpc) is 3.46. The summed E-state index contributed by atoms with van der Waals surface area (Å²) in [6.45, 7) is 6.95. The quantitative estimate of drug-likeness (QED) is 0.658. The summed E-state index contributed by atoms with van der Waals surface area (Å²) in [6.07, 6.45) is 1.76. The number of aromatic hydroxyl groups is 1. The minimum atomic E-state index is -0.353. The van der Waals surface area contributed by atoms with E-state index in [-0.39, 0.29) is 22.3 Å². The molecule has 1 N–H and O–H groups in total. The van der Waals surface area contributed by atoms with E-state index in [1.807, 2.05) is 24.3 Å². The number of rotatable bonds is 4. The van der Waals surface area contributed by atoms with Gasteiger partial charge in [-0.05, 0) is 47.1 Å². The lowest BCUT2D eigenvalue weighted by Crippen LogP contribution is -2.30. The molecule has 5 heteroatoms. The third-order valence-corrected chi connectivity index (χ3v) is 5.98. The molecule has 0 aliphatic heterocycles. The van der Waals surface area contributed by atoms with Crippen LogP contribution in [0.15, 0.2) is 59.4 Å². The zero-order valence-corrected chi connectivity index (χ0v) is 17.7. The Kier molecular flexibility index (Phi) is 4.78. The van der Waals surface area contributed by atoms with Gasteiger partial charge in [0.1, 0.15) is 5.82 Å². The largest absolute Gasteiger partial charge is 0.493 e. The lowest BCUT2D eigenvalue weighted by atomic mass is 9.87. The summed E-state index contributed by atoms with van der Waals surface area (Å²) in [4.78, 5) is 17.2. The van der Waals surface area contributed by atoms with Crippen molar-refractivity contribution in [2.75, 3.05) is 0 Å². The van der Waals surface area contributed by atoms with E-state index in [0.717, 1.165) is 24.0 Å². The van der Waals surface area contributed by atoms with E-state index in [1.165, 1.54) is 11.6 Å². The Morgan fingerprint density at radius 1 is 1.07 bits per heavy atom. The standard InChI is InChI=1S/C24H25ClN2O2/c1-23(2,3)17-6-4-16(5-7-17)15-27-21(29)14-20(28)26-22(27)24(12-13-24)18-8-10-19(25)11-9-18/h4-11,14,28H,12-13,15H2,1-3H3. The highest BCUT2D eigenvalue weighted by atomic mass is 35.5. The molecule has 0 unspecified atom stereocenters. The zero-order valence-electron chi connectivity index (χ0n) is 16.9. The smallest absolute Gasteiger partial charge is 0.257 e. The third kappa shape index (κ3) is 3.82. The molecule has 2 aromatic carbocycles. The maximum absolute atomic E-state index is 12.8. The van der Waals surface area contributed by atoms with Crippen molar-refractivity contribution in [1.82, 2.24) is 9.55 Å². The number of nitrogens with zero attached hydrogens (tertiary/aromatic N) is 2. The average molecular weight is 409 g/mol. The van der Waals surface area contributed by atoms with E-state index >= 15 is 0 Å². The van der Waals surface area contributed by atoms with Crippen LogP contribution >= 0.6 is 11.6 Å². The second-order valence-electron chi connectivity index (χ2n) is 8.90. The van der Waals surface area contributed by atoms with Gasteiger partial charge in [-0.25, -0.2) is 0 Å². The van der Waals surface area contributed by atoms with E-state index in [1.54, 1.807) is 4.57 Å². The van der Waals surface area contributed by atoms with Gasteiger partial charge in [0.2, 0.25) is 5.88 Å². The first-order valence-electron chi connectivity index (χ1n) is 9.86. The number of aromatic nitrogens is 2. The zero-order chi connectivity index (χ0) is 20.8. The Hall–Kier alpha value is -2.59. The van der Waals surface area contributed by atoms with Gasteiger partial charge in [-0.2, -0.15) is 4.98 Å². The SMILES string of the molecule is CC(C)(C)c1ccc(Cn2c(C3(c4ccc(Cl)cc4)CC3)nc(O)cc2=O)cc1.